The molecule has 0 nitrogen and oxygen atoms in total. The van der Waals surface area contributed by atoms with Crippen molar-refractivity contribution in [1.29, 1.82) is 0 Å². The van der Waals surface area contributed by atoms with Gasteiger partial charge < -0.3 is 0 Å². The predicted octanol–water partition coefficient (Wildman–Crippen LogP) is 5.94. The summed E-state index contributed by atoms with van der Waals surface area (Å²) < 4.78 is 0. The number of hydrogen-bond acceptors (Lipinski definition) is 0. The summed E-state index contributed by atoms with van der Waals surface area (Å²) in [4.78, 5) is 0. The molecule has 0 fully saturated rings. The Hall–Kier alpha value is -2.34. The second-order valence-electron chi connectivity index (χ2n) is 5.75. The zero-order valence-corrected chi connectivity index (χ0v) is 12.9. The highest BCUT2D eigenvalue weighted by atomic mass is 14.1. The van der Waals surface area contributed by atoms with E-state index in [1.165, 1.54) is 38.6 Å². The molecule has 3 rings (SSSR count). The van der Waals surface area contributed by atoms with Crippen LogP contribution < -0.4 is 0 Å². The highest BCUT2D eigenvalue weighted by Crippen LogP contribution is 2.21. The van der Waals surface area contributed by atoms with E-state index in [2.05, 4.69) is 87.5 Å². The number of benzene rings is 3. The monoisotopic (exact) mass is 272 g/mol. The molecule has 0 spiro atoms. The summed E-state index contributed by atoms with van der Waals surface area (Å²) in [6.45, 7) is 6.51. The van der Waals surface area contributed by atoms with E-state index in [4.69, 9.17) is 0 Å². The van der Waals surface area contributed by atoms with E-state index in [0.29, 0.717) is 0 Å². The maximum absolute atomic E-state index is 2.24. The molecule has 0 heteroatoms. The van der Waals surface area contributed by atoms with Gasteiger partial charge in [-0.25, -0.2) is 0 Å². The molecule has 0 N–H and O–H groups in total. The van der Waals surface area contributed by atoms with Gasteiger partial charge in [-0.2, -0.15) is 0 Å². The zero-order valence-electron chi connectivity index (χ0n) is 12.9. The van der Waals surface area contributed by atoms with Crippen molar-refractivity contribution in [3.63, 3.8) is 0 Å². The first-order valence-corrected chi connectivity index (χ1v) is 7.38. The minimum atomic E-state index is 1.24. The van der Waals surface area contributed by atoms with Crippen molar-refractivity contribution < 1.29 is 0 Å². The van der Waals surface area contributed by atoms with Crippen LogP contribution in [0.3, 0.4) is 0 Å². The van der Waals surface area contributed by atoms with E-state index in [1.807, 2.05) is 0 Å². The van der Waals surface area contributed by atoms with Crippen LogP contribution in [0, 0.1) is 20.8 Å². The quantitative estimate of drug-likeness (QED) is 0.507. The van der Waals surface area contributed by atoms with Crippen molar-refractivity contribution in [2.45, 2.75) is 20.8 Å². The molecule has 0 bridgehead atoms. The van der Waals surface area contributed by atoms with Crippen LogP contribution in [0.4, 0.5) is 0 Å². The normalized spacial score (nSPS) is 11.4. The van der Waals surface area contributed by atoms with E-state index in [1.54, 1.807) is 0 Å². The van der Waals surface area contributed by atoms with Gasteiger partial charge in [-0.05, 0) is 59.9 Å². The van der Waals surface area contributed by atoms with Gasteiger partial charge in [0.05, 0.1) is 0 Å². The van der Waals surface area contributed by atoms with Crippen molar-refractivity contribution in [2.24, 2.45) is 0 Å². The molecular formula is C21H20. The summed E-state index contributed by atoms with van der Waals surface area (Å²) >= 11 is 0. The minimum Gasteiger partial charge on any atom is -0.0616 e. The third-order valence-electron chi connectivity index (χ3n) is 3.95. The molecule has 0 aliphatic rings. The van der Waals surface area contributed by atoms with Crippen LogP contribution in [0.15, 0.2) is 54.6 Å². The Balaban J connectivity index is 1.98. The maximum Gasteiger partial charge on any atom is -0.0178 e. The molecule has 0 atom stereocenters. The highest BCUT2D eigenvalue weighted by molar-refractivity contribution is 5.86. The standard InChI is InChI=1S/C21H20/c1-15-12-16(2)21(17(3)13-15)11-9-18-8-10-19-6-4-5-7-20(19)14-18/h4-14H,1-3H3/b11-9-. The van der Waals surface area contributed by atoms with Gasteiger partial charge >= 0.3 is 0 Å². The third kappa shape index (κ3) is 2.90. The smallest absolute Gasteiger partial charge is 0.0178 e. The van der Waals surface area contributed by atoms with Crippen LogP contribution in [0.5, 0.6) is 0 Å². The van der Waals surface area contributed by atoms with Gasteiger partial charge in [0.2, 0.25) is 0 Å². The second-order valence-corrected chi connectivity index (χ2v) is 5.75. The molecule has 0 aliphatic heterocycles. The zero-order chi connectivity index (χ0) is 14.8. The van der Waals surface area contributed by atoms with E-state index in [-0.39, 0.29) is 0 Å². The maximum atomic E-state index is 2.24. The number of fused-ring (bicyclic) bond motifs is 1. The lowest BCUT2D eigenvalue weighted by molar-refractivity contribution is 1.30. The molecule has 104 valence electrons. The first-order valence-electron chi connectivity index (χ1n) is 7.38. The number of rotatable bonds is 2. The van der Waals surface area contributed by atoms with Crippen LogP contribution >= 0.6 is 0 Å². The van der Waals surface area contributed by atoms with Crippen LogP contribution in [-0.2, 0) is 0 Å². The number of hydrogen-bond donors (Lipinski definition) is 0. The summed E-state index contributed by atoms with van der Waals surface area (Å²) in [6, 6.07) is 19.6. The lowest BCUT2D eigenvalue weighted by atomic mass is 9.98. The molecule has 3 aromatic carbocycles. The predicted molar refractivity (Wildman–Crippen MR) is 93.5 cm³/mol. The fourth-order valence-electron chi connectivity index (χ4n) is 2.95. The molecule has 0 aromatic heterocycles. The van der Waals surface area contributed by atoms with Crippen LogP contribution in [-0.4, -0.2) is 0 Å². The van der Waals surface area contributed by atoms with Gasteiger partial charge in [-0.3, -0.25) is 0 Å². The molecule has 0 heterocycles. The highest BCUT2D eigenvalue weighted by Gasteiger charge is 2.00. The van der Waals surface area contributed by atoms with Gasteiger partial charge in [0.25, 0.3) is 0 Å². The van der Waals surface area contributed by atoms with Crippen LogP contribution in [0.2, 0.25) is 0 Å². The lowest BCUT2D eigenvalue weighted by Gasteiger charge is -2.07. The average molecular weight is 272 g/mol. The van der Waals surface area contributed by atoms with E-state index in [0.717, 1.165) is 0 Å². The van der Waals surface area contributed by atoms with Gasteiger partial charge in [-0.1, -0.05) is 66.2 Å². The second kappa shape index (κ2) is 5.57. The molecule has 0 radical (unpaired) electrons. The summed E-state index contributed by atoms with van der Waals surface area (Å²) in [5.41, 5.74) is 6.57. The third-order valence-corrected chi connectivity index (χ3v) is 3.95. The van der Waals surface area contributed by atoms with Gasteiger partial charge in [-0.15, -0.1) is 0 Å². The molecule has 21 heavy (non-hydrogen) atoms. The SMILES string of the molecule is Cc1cc(C)c(/C=C\c2ccc3ccccc3c2)c(C)c1. The lowest BCUT2D eigenvalue weighted by Crippen LogP contribution is -1.88. The Morgan fingerprint density at radius 3 is 2.05 bits per heavy atom. The molecule has 3 aromatic rings. The van der Waals surface area contributed by atoms with E-state index >= 15 is 0 Å². The van der Waals surface area contributed by atoms with Gasteiger partial charge in [0.1, 0.15) is 0 Å². The van der Waals surface area contributed by atoms with Crippen molar-refractivity contribution in [3.8, 4) is 0 Å². The summed E-state index contributed by atoms with van der Waals surface area (Å²) in [6.07, 6.45) is 4.44. The molecule has 0 amide bonds. The first-order chi connectivity index (χ1) is 10.1. The fraction of sp³-hybridized carbons (Fsp3) is 0.143. The van der Waals surface area contributed by atoms with Crippen LogP contribution in [0.25, 0.3) is 22.9 Å². The topological polar surface area (TPSA) is 0 Å². The van der Waals surface area contributed by atoms with Gasteiger partial charge in [0, 0.05) is 0 Å². The Labute approximate surface area is 126 Å². The molecule has 0 saturated carbocycles. The Kier molecular flexibility index (Phi) is 3.62. The van der Waals surface area contributed by atoms with Crippen molar-refractivity contribution in [3.05, 3.63) is 82.4 Å². The molecule has 0 saturated heterocycles. The van der Waals surface area contributed by atoms with E-state index in [9.17, 15) is 0 Å². The average Bonchev–Trinajstić information content (AvgIpc) is 2.46. The van der Waals surface area contributed by atoms with Crippen molar-refractivity contribution in [2.75, 3.05) is 0 Å². The molecule has 0 unspecified atom stereocenters. The van der Waals surface area contributed by atoms with Gasteiger partial charge in [0.15, 0.2) is 0 Å². The minimum absolute atomic E-state index is 1.24. The Morgan fingerprint density at radius 1 is 0.667 bits per heavy atom. The summed E-state index contributed by atoms with van der Waals surface area (Å²) in [7, 11) is 0. The van der Waals surface area contributed by atoms with Crippen LogP contribution in [0.1, 0.15) is 27.8 Å². The molecule has 0 aliphatic carbocycles. The van der Waals surface area contributed by atoms with Crippen molar-refractivity contribution in [1.82, 2.24) is 0 Å². The van der Waals surface area contributed by atoms with Crippen molar-refractivity contribution >= 4 is 22.9 Å². The summed E-state index contributed by atoms with van der Waals surface area (Å²) in [5, 5.41) is 2.58. The van der Waals surface area contributed by atoms with E-state index < -0.39 is 0 Å². The Morgan fingerprint density at radius 2 is 1.33 bits per heavy atom. The number of aryl methyl sites for hydroxylation is 3. The first kappa shape index (κ1) is 13.6. The summed E-state index contributed by atoms with van der Waals surface area (Å²) in [5.74, 6) is 0. The largest absolute Gasteiger partial charge is 0.0616 e. The molecular weight excluding hydrogens is 252 g/mol. The Bertz CT molecular complexity index is 799. The fourth-order valence-corrected chi connectivity index (χ4v) is 2.95.